The van der Waals surface area contributed by atoms with E-state index in [-0.39, 0.29) is 0 Å². The van der Waals surface area contributed by atoms with Gasteiger partial charge in [-0.05, 0) is 49.9 Å². The summed E-state index contributed by atoms with van der Waals surface area (Å²) in [6.07, 6.45) is 9.51. The van der Waals surface area contributed by atoms with Crippen LogP contribution in [0.2, 0.25) is 0 Å². The molecule has 0 bridgehead atoms. The molecule has 0 aliphatic heterocycles. The maximum Gasteiger partial charge on any atom is 0.185 e. The van der Waals surface area contributed by atoms with E-state index in [9.17, 15) is 0 Å². The van der Waals surface area contributed by atoms with Gasteiger partial charge >= 0.3 is 0 Å². The summed E-state index contributed by atoms with van der Waals surface area (Å²) in [5.74, 6) is 2.42. The fraction of sp³-hybridized carbons (Fsp3) is 0.765. The van der Waals surface area contributed by atoms with Gasteiger partial charge in [-0.1, -0.05) is 6.92 Å². The Bertz CT molecular complexity index is 509. The number of ether oxygens (including phenoxy) is 2. The van der Waals surface area contributed by atoms with Gasteiger partial charge in [0.25, 0.3) is 0 Å². The summed E-state index contributed by atoms with van der Waals surface area (Å²) in [6.45, 7) is 2.89. The number of aromatic nitrogens is 2. The summed E-state index contributed by atoms with van der Waals surface area (Å²) in [5.41, 5.74) is 1.45. The summed E-state index contributed by atoms with van der Waals surface area (Å²) < 4.78 is 10.7. The van der Waals surface area contributed by atoms with Gasteiger partial charge in [0.05, 0.1) is 13.7 Å². The molecule has 0 radical (unpaired) electrons. The summed E-state index contributed by atoms with van der Waals surface area (Å²) in [5, 5.41) is 3.56. The van der Waals surface area contributed by atoms with Crippen molar-refractivity contribution < 1.29 is 9.47 Å². The first-order valence-electron chi connectivity index (χ1n) is 8.29. The molecule has 1 aromatic heterocycles. The van der Waals surface area contributed by atoms with Crippen molar-refractivity contribution in [3.05, 3.63) is 12.0 Å². The van der Waals surface area contributed by atoms with Crippen LogP contribution in [0.1, 0.15) is 51.1 Å². The molecule has 0 saturated heterocycles. The highest BCUT2D eigenvalue weighted by molar-refractivity contribution is 5.52. The van der Waals surface area contributed by atoms with Crippen LogP contribution in [0.4, 0.5) is 5.82 Å². The van der Waals surface area contributed by atoms with Crippen LogP contribution in [0.15, 0.2) is 6.33 Å². The molecular formula is C17H27N3O2. The Labute approximate surface area is 132 Å². The molecule has 5 heteroatoms. The Kier molecular flexibility index (Phi) is 4.52. The minimum absolute atomic E-state index is 0.436. The van der Waals surface area contributed by atoms with Crippen molar-refractivity contribution in [1.29, 1.82) is 0 Å². The van der Waals surface area contributed by atoms with E-state index < -0.39 is 0 Å². The highest BCUT2D eigenvalue weighted by atomic mass is 16.5. The predicted octanol–water partition coefficient (Wildman–Crippen LogP) is 3.40. The van der Waals surface area contributed by atoms with E-state index in [1.165, 1.54) is 38.5 Å². The third kappa shape index (κ3) is 3.19. The van der Waals surface area contributed by atoms with Gasteiger partial charge in [0.15, 0.2) is 11.6 Å². The molecular weight excluding hydrogens is 278 g/mol. The second-order valence-electron chi connectivity index (χ2n) is 6.98. The number of rotatable bonds is 6. The van der Waals surface area contributed by atoms with E-state index >= 15 is 0 Å². The molecule has 0 aromatic carbocycles. The highest BCUT2D eigenvalue weighted by Crippen LogP contribution is 2.55. The lowest BCUT2D eigenvalue weighted by atomic mass is 9.77. The summed E-state index contributed by atoms with van der Waals surface area (Å²) in [7, 11) is 3.32. The van der Waals surface area contributed by atoms with Gasteiger partial charge in [0.1, 0.15) is 12.0 Å². The molecule has 2 aliphatic rings. The Morgan fingerprint density at radius 3 is 2.50 bits per heavy atom. The van der Waals surface area contributed by atoms with Crippen molar-refractivity contribution in [3.63, 3.8) is 0 Å². The monoisotopic (exact) mass is 305 g/mol. The molecule has 0 atom stereocenters. The number of anilines is 1. The van der Waals surface area contributed by atoms with E-state index in [2.05, 4.69) is 22.2 Å². The third-order valence-electron chi connectivity index (χ3n) is 5.46. The molecule has 5 nitrogen and oxygen atoms in total. The third-order valence-corrected chi connectivity index (χ3v) is 5.46. The number of nitrogens with one attached hydrogen (secondary N) is 1. The first-order valence-corrected chi connectivity index (χ1v) is 8.29. The zero-order chi connectivity index (χ0) is 15.6. The number of methoxy groups -OCH3 is 2. The lowest BCUT2D eigenvalue weighted by Crippen LogP contribution is -2.29. The van der Waals surface area contributed by atoms with Crippen molar-refractivity contribution >= 4 is 5.82 Å². The van der Waals surface area contributed by atoms with Crippen LogP contribution >= 0.6 is 0 Å². The van der Waals surface area contributed by atoms with Gasteiger partial charge in [0, 0.05) is 13.2 Å². The predicted molar refractivity (Wildman–Crippen MR) is 86.0 cm³/mol. The quantitative estimate of drug-likeness (QED) is 0.873. The van der Waals surface area contributed by atoms with Crippen molar-refractivity contribution in [2.24, 2.45) is 11.3 Å². The van der Waals surface area contributed by atoms with Crippen LogP contribution in [0.3, 0.4) is 0 Å². The van der Waals surface area contributed by atoms with Crippen molar-refractivity contribution in [1.82, 2.24) is 9.97 Å². The van der Waals surface area contributed by atoms with Gasteiger partial charge in [-0.15, -0.1) is 0 Å². The fourth-order valence-corrected chi connectivity index (χ4v) is 3.70. The molecule has 2 aliphatic carbocycles. The smallest absolute Gasteiger partial charge is 0.185 e. The minimum Gasteiger partial charge on any atom is -0.491 e. The minimum atomic E-state index is 0.436. The Morgan fingerprint density at radius 2 is 1.91 bits per heavy atom. The van der Waals surface area contributed by atoms with Gasteiger partial charge < -0.3 is 14.8 Å². The molecule has 2 fully saturated rings. The largest absolute Gasteiger partial charge is 0.491 e. The molecule has 0 amide bonds. The van der Waals surface area contributed by atoms with Gasteiger partial charge in [-0.25, -0.2) is 9.97 Å². The molecule has 22 heavy (non-hydrogen) atoms. The topological polar surface area (TPSA) is 56.3 Å². The van der Waals surface area contributed by atoms with Gasteiger partial charge in [0.2, 0.25) is 0 Å². The molecule has 3 rings (SSSR count). The van der Waals surface area contributed by atoms with Crippen molar-refractivity contribution in [3.8, 4) is 5.75 Å². The van der Waals surface area contributed by atoms with E-state index in [0.29, 0.717) is 23.8 Å². The SMILES string of the molecule is COCc1ncnc(NC2CCC(C3(C)CC3)CC2)c1OC. The highest BCUT2D eigenvalue weighted by Gasteiger charge is 2.45. The average Bonchev–Trinajstić information content (AvgIpc) is 3.28. The van der Waals surface area contributed by atoms with Crippen LogP contribution in [-0.2, 0) is 11.3 Å². The summed E-state index contributed by atoms with van der Waals surface area (Å²) in [6, 6.07) is 0.484. The lowest BCUT2D eigenvalue weighted by Gasteiger charge is -2.33. The number of nitrogens with zero attached hydrogens (tertiary/aromatic N) is 2. The van der Waals surface area contributed by atoms with Crippen LogP contribution in [0.25, 0.3) is 0 Å². The normalized spacial score (nSPS) is 26.5. The number of hydrogen-bond acceptors (Lipinski definition) is 5. The first-order chi connectivity index (χ1) is 10.7. The lowest BCUT2D eigenvalue weighted by molar-refractivity contribution is 0.177. The maximum absolute atomic E-state index is 5.49. The fourth-order valence-electron chi connectivity index (χ4n) is 3.70. The van der Waals surface area contributed by atoms with Crippen molar-refractivity contribution in [2.75, 3.05) is 19.5 Å². The van der Waals surface area contributed by atoms with Crippen LogP contribution in [-0.4, -0.2) is 30.2 Å². The molecule has 1 aromatic rings. The summed E-state index contributed by atoms with van der Waals surface area (Å²) in [4.78, 5) is 8.61. The number of hydrogen-bond donors (Lipinski definition) is 1. The summed E-state index contributed by atoms with van der Waals surface area (Å²) >= 11 is 0. The van der Waals surface area contributed by atoms with Crippen molar-refractivity contribution in [2.45, 2.75) is 58.1 Å². The molecule has 122 valence electrons. The molecule has 0 spiro atoms. The second-order valence-corrected chi connectivity index (χ2v) is 6.98. The van der Waals surface area contributed by atoms with E-state index in [1.807, 2.05) is 0 Å². The average molecular weight is 305 g/mol. The Balaban J connectivity index is 1.62. The second kappa shape index (κ2) is 6.41. The Morgan fingerprint density at radius 1 is 1.18 bits per heavy atom. The van der Waals surface area contributed by atoms with E-state index in [1.54, 1.807) is 20.5 Å². The van der Waals surface area contributed by atoms with E-state index in [4.69, 9.17) is 9.47 Å². The maximum atomic E-state index is 5.49. The standard InChI is InChI=1S/C17H27N3O2/c1-17(8-9-17)12-4-6-13(7-5-12)20-16-15(22-3)14(10-21-2)18-11-19-16/h11-13H,4-10H2,1-3H3,(H,18,19,20). The molecule has 1 N–H and O–H groups in total. The van der Waals surface area contributed by atoms with Gasteiger partial charge in [-0.2, -0.15) is 0 Å². The van der Waals surface area contributed by atoms with E-state index in [0.717, 1.165) is 17.4 Å². The first kappa shape index (κ1) is 15.5. The Hall–Kier alpha value is -1.36. The molecule has 1 heterocycles. The van der Waals surface area contributed by atoms with Gasteiger partial charge in [-0.3, -0.25) is 0 Å². The van der Waals surface area contributed by atoms with Crippen LogP contribution in [0.5, 0.6) is 5.75 Å². The zero-order valence-corrected chi connectivity index (χ0v) is 13.9. The zero-order valence-electron chi connectivity index (χ0n) is 13.9. The molecule has 0 unspecified atom stereocenters. The van der Waals surface area contributed by atoms with Crippen LogP contribution in [0, 0.1) is 11.3 Å². The van der Waals surface area contributed by atoms with Crippen LogP contribution < -0.4 is 10.1 Å². The molecule has 2 saturated carbocycles.